The van der Waals surface area contributed by atoms with E-state index in [1.165, 1.54) is 12.1 Å². The molecule has 0 spiro atoms. The van der Waals surface area contributed by atoms with Crippen LogP contribution in [0.25, 0.3) is 0 Å². The number of ketones is 2. The molecule has 0 amide bonds. The van der Waals surface area contributed by atoms with E-state index in [9.17, 15) is 19.7 Å². The van der Waals surface area contributed by atoms with Gasteiger partial charge in [0.05, 0.1) is 15.1 Å². The molecule has 1 heterocycles. The van der Waals surface area contributed by atoms with E-state index in [-0.39, 0.29) is 34.7 Å². The van der Waals surface area contributed by atoms with Crippen LogP contribution in [0, 0.1) is 24.5 Å². The molecule has 1 N–H and O–H groups in total. The minimum absolute atomic E-state index is 0.0216. The molecule has 0 atom stereocenters. The van der Waals surface area contributed by atoms with Gasteiger partial charge in [-0.2, -0.15) is 0 Å². The number of nitro benzene ring substituents is 1. The molecule has 0 saturated carbocycles. The number of hydrogen-bond donors (Lipinski definition) is 1. The molecule has 41 heavy (non-hydrogen) atoms. The fraction of sp³-hybridized carbons (Fsp3) is 0.438. The van der Waals surface area contributed by atoms with Crippen molar-refractivity contribution in [1.29, 1.82) is 0 Å². The Balaban J connectivity index is 1.57. The zero-order valence-corrected chi connectivity index (χ0v) is 26.2. The number of hydrogen-bond acceptors (Lipinski definition) is 7. The normalized spacial score (nSPS) is 19.9. The number of Topliss-reactive ketones (excluding diaryl/α,β-unsaturated/α-hetero) is 2. The molecule has 0 aromatic heterocycles. The summed E-state index contributed by atoms with van der Waals surface area (Å²) in [4.78, 5) is 38.0. The maximum atomic E-state index is 13.7. The summed E-state index contributed by atoms with van der Waals surface area (Å²) in [6.07, 6.45) is 2.33. The number of nitro groups is 1. The van der Waals surface area contributed by atoms with E-state index in [0.717, 1.165) is 38.9 Å². The fourth-order valence-corrected chi connectivity index (χ4v) is 7.03. The molecule has 0 saturated heterocycles. The van der Waals surface area contributed by atoms with Crippen LogP contribution in [0.2, 0.25) is 0 Å². The number of allylic oxidation sites excluding steroid dienone is 4. The third-order valence-corrected chi connectivity index (χ3v) is 8.72. The van der Waals surface area contributed by atoms with E-state index in [1.807, 2.05) is 19.1 Å². The SMILES string of the molecule is CCOc1cc(C2C3=C(CC(C)(C)CC3=O)NC3=C2C(=O)CC(C)(C)C3)cc(I)c1OCc1ccc([N+](=O)[O-])cc1. The standard InChI is InChI=1S/C32H35IN2O6/c1-6-40-26-12-19(11-21(33)30(26)41-17-18-7-9-20(10-8-18)35(38)39)27-28-22(13-31(2,3)15-24(28)36)34-23-14-32(4,5)16-25(37)29(23)27/h7-12,27,34H,6,13-17H2,1-5H3. The number of ether oxygens (including phenoxy) is 2. The quantitative estimate of drug-likeness (QED) is 0.189. The van der Waals surface area contributed by atoms with Crippen LogP contribution in [0.1, 0.15) is 77.3 Å². The highest BCUT2D eigenvalue weighted by atomic mass is 127. The molecule has 0 unspecified atom stereocenters. The Morgan fingerprint density at radius 3 is 2.00 bits per heavy atom. The van der Waals surface area contributed by atoms with Gasteiger partial charge in [-0.3, -0.25) is 19.7 Å². The lowest BCUT2D eigenvalue weighted by Crippen LogP contribution is -2.42. The molecule has 216 valence electrons. The second-order valence-electron chi connectivity index (χ2n) is 12.7. The summed E-state index contributed by atoms with van der Waals surface area (Å²) in [6.45, 7) is 10.9. The van der Waals surface area contributed by atoms with Crippen LogP contribution in [0.5, 0.6) is 11.5 Å². The van der Waals surface area contributed by atoms with Gasteiger partial charge in [-0.1, -0.05) is 27.7 Å². The van der Waals surface area contributed by atoms with E-state index in [2.05, 4.69) is 55.6 Å². The molecule has 5 rings (SSSR count). The summed E-state index contributed by atoms with van der Waals surface area (Å²) in [5.41, 5.74) is 4.53. The number of non-ortho nitro benzene ring substituents is 1. The lowest BCUT2D eigenvalue weighted by molar-refractivity contribution is -0.384. The first-order chi connectivity index (χ1) is 19.3. The first-order valence-corrected chi connectivity index (χ1v) is 15.0. The number of carbonyl (C=O) groups is 2. The van der Waals surface area contributed by atoms with Crippen LogP contribution in [0.15, 0.2) is 58.9 Å². The zero-order chi connectivity index (χ0) is 29.7. The van der Waals surface area contributed by atoms with Crippen molar-refractivity contribution in [3.05, 3.63) is 83.7 Å². The van der Waals surface area contributed by atoms with Gasteiger partial charge in [0.1, 0.15) is 6.61 Å². The van der Waals surface area contributed by atoms with Gasteiger partial charge in [-0.05, 0) is 88.6 Å². The van der Waals surface area contributed by atoms with Gasteiger partial charge >= 0.3 is 0 Å². The number of nitrogens with one attached hydrogen (secondary N) is 1. The van der Waals surface area contributed by atoms with Crippen LogP contribution >= 0.6 is 22.6 Å². The summed E-state index contributed by atoms with van der Waals surface area (Å²) in [5, 5.41) is 14.6. The van der Waals surface area contributed by atoms with Crippen LogP contribution in [-0.2, 0) is 16.2 Å². The van der Waals surface area contributed by atoms with Gasteiger partial charge < -0.3 is 14.8 Å². The third-order valence-electron chi connectivity index (χ3n) is 7.91. The van der Waals surface area contributed by atoms with Crippen molar-refractivity contribution in [3.8, 4) is 11.5 Å². The topological polar surface area (TPSA) is 108 Å². The Bertz CT molecular complexity index is 1450. The van der Waals surface area contributed by atoms with E-state index in [1.54, 1.807) is 12.1 Å². The zero-order valence-electron chi connectivity index (χ0n) is 24.1. The molecule has 0 fully saturated rings. The smallest absolute Gasteiger partial charge is 0.269 e. The molecule has 8 nitrogen and oxygen atoms in total. The van der Waals surface area contributed by atoms with E-state index in [0.29, 0.717) is 42.1 Å². The Morgan fingerprint density at radius 1 is 0.927 bits per heavy atom. The second-order valence-corrected chi connectivity index (χ2v) is 13.9. The molecule has 0 bridgehead atoms. The van der Waals surface area contributed by atoms with Crippen LogP contribution in [-0.4, -0.2) is 23.1 Å². The van der Waals surface area contributed by atoms with Crippen molar-refractivity contribution < 1.29 is 24.0 Å². The van der Waals surface area contributed by atoms with Gasteiger partial charge in [0.25, 0.3) is 5.69 Å². The van der Waals surface area contributed by atoms with Gasteiger partial charge in [0, 0.05) is 53.4 Å². The average Bonchev–Trinajstić information content (AvgIpc) is 2.85. The maximum Gasteiger partial charge on any atom is 0.269 e. The first-order valence-electron chi connectivity index (χ1n) is 13.9. The second kappa shape index (κ2) is 10.9. The molecular formula is C32H35IN2O6. The highest BCUT2D eigenvalue weighted by molar-refractivity contribution is 14.1. The largest absolute Gasteiger partial charge is 0.490 e. The minimum Gasteiger partial charge on any atom is -0.490 e. The molecule has 2 aliphatic carbocycles. The highest BCUT2D eigenvalue weighted by Gasteiger charge is 2.46. The molecule has 2 aromatic rings. The molecular weight excluding hydrogens is 635 g/mol. The summed E-state index contributed by atoms with van der Waals surface area (Å²) in [7, 11) is 0. The van der Waals surface area contributed by atoms with Crippen molar-refractivity contribution in [2.45, 2.75) is 72.8 Å². The average molecular weight is 671 g/mol. The van der Waals surface area contributed by atoms with Crippen LogP contribution < -0.4 is 14.8 Å². The van der Waals surface area contributed by atoms with E-state index < -0.39 is 10.8 Å². The lowest BCUT2D eigenvalue weighted by Gasteiger charge is -2.44. The molecule has 9 heteroatoms. The van der Waals surface area contributed by atoms with Gasteiger partial charge in [-0.15, -0.1) is 0 Å². The third kappa shape index (κ3) is 5.91. The predicted molar refractivity (Wildman–Crippen MR) is 164 cm³/mol. The van der Waals surface area contributed by atoms with Crippen molar-refractivity contribution in [1.82, 2.24) is 5.32 Å². The Labute approximate surface area is 253 Å². The van der Waals surface area contributed by atoms with Crippen molar-refractivity contribution in [2.75, 3.05) is 6.61 Å². The number of halogens is 1. The van der Waals surface area contributed by atoms with Crippen LogP contribution in [0.4, 0.5) is 5.69 Å². The van der Waals surface area contributed by atoms with Crippen molar-refractivity contribution in [3.63, 3.8) is 0 Å². The fourth-order valence-electron chi connectivity index (χ4n) is 6.25. The molecule has 1 aliphatic heterocycles. The maximum absolute atomic E-state index is 13.7. The Kier molecular flexibility index (Phi) is 7.78. The molecule has 2 aromatic carbocycles. The number of dihydropyridines is 1. The van der Waals surface area contributed by atoms with Crippen molar-refractivity contribution in [2.24, 2.45) is 10.8 Å². The predicted octanol–water partition coefficient (Wildman–Crippen LogP) is 7.15. The summed E-state index contributed by atoms with van der Waals surface area (Å²) in [6, 6.07) is 10.1. The lowest BCUT2D eigenvalue weighted by atomic mass is 9.64. The molecule has 3 aliphatic rings. The van der Waals surface area contributed by atoms with E-state index in [4.69, 9.17) is 9.47 Å². The van der Waals surface area contributed by atoms with Gasteiger partial charge in [-0.25, -0.2) is 0 Å². The first kappa shape index (κ1) is 29.3. The number of rotatable bonds is 7. The molecule has 0 radical (unpaired) electrons. The Hall–Kier alpha value is -3.21. The number of nitrogens with zero attached hydrogens (tertiary/aromatic N) is 1. The number of carbonyl (C=O) groups excluding carboxylic acids is 2. The van der Waals surface area contributed by atoms with Crippen molar-refractivity contribution >= 4 is 39.8 Å². The summed E-state index contributed by atoms with van der Waals surface area (Å²) < 4.78 is 13.0. The summed E-state index contributed by atoms with van der Waals surface area (Å²) >= 11 is 2.21. The van der Waals surface area contributed by atoms with E-state index >= 15 is 0 Å². The minimum atomic E-state index is -0.468. The van der Waals surface area contributed by atoms with Crippen LogP contribution in [0.3, 0.4) is 0 Å². The van der Waals surface area contributed by atoms with Gasteiger partial charge in [0.15, 0.2) is 23.1 Å². The summed E-state index contributed by atoms with van der Waals surface area (Å²) in [5.74, 6) is 0.768. The Morgan fingerprint density at radius 2 is 1.49 bits per heavy atom. The monoisotopic (exact) mass is 670 g/mol. The number of benzene rings is 2. The highest BCUT2D eigenvalue weighted by Crippen LogP contribution is 2.52. The van der Waals surface area contributed by atoms with Gasteiger partial charge in [0.2, 0.25) is 0 Å².